The SMILES string of the molecule is c1ccc2c(c1)CCC2C1=C2CCC(C2)C1. The normalized spacial score (nSPS) is 31.2. The molecular formula is C16H18. The van der Waals surface area contributed by atoms with Crippen LogP contribution in [0, 0.1) is 5.92 Å². The third-order valence-corrected chi connectivity index (χ3v) is 4.91. The molecule has 2 atom stereocenters. The first kappa shape index (κ1) is 9.04. The van der Waals surface area contributed by atoms with Crippen molar-refractivity contribution in [2.45, 2.75) is 44.4 Å². The zero-order valence-electron chi connectivity index (χ0n) is 9.71. The van der Waals surface area contributed by atoms with Crippen molar-refractivity contribution in [3.63, 3.8) is 0 Å². The fourth-order valence-corrected chi connectivity index (χ4v) is 4.16. The number of allylic oxidation sites excluding steroid dienone is 2. The molecule has 0 aromatic heterocycles. The van der Waals surface area contributed by atoms with Crippen molar-refractivity contribution >= 4 is 0 Å². The molecule has 2 bridgehead atoms. The molecule has 1 aromatic carbocycles. The highest BCUT2D eigenvalue weighted by Crippen LogP contribution is 2.52. The molecule has 3 aliphatic rings. The van der Waals surface area contributed by atoms with Crippen molar-refractivity contribution in [2.75, 3.05) is 0 Å². The zero-order chi connectivity index (χ0) is 10.5. The van der Waals surface area contributed by atoms with Crippen LogP contribution >= 0.6 is 0 Å². The van der Waals surface area contributed by atoms with E-state index in [9.17, 15) is 0 Å². The van der Waals surface area contributed by atoms with Crippen LogP contribution in [0.15, 0.2) is 35.4 Å². The van der Waals surface area contributed by atoms with Crippen molar-refractivity contribution in [2.24, 2.45) is 5.92 Å². The Bertz CT molecular complexity index is 467. The molecule has 0 heteroatoms. The predicted octanol–water partition coefficient (Wildman–Crippen LogP) is 4.22. The molecule has 1 saturated carbocycles. The minimum Gasteiger partial charge on any atom is -0.0701 e. The first-order chi connectivity index (χ1) is 7.92. The summed E-state index contributed by atoms with van der Waals surface area (Å²) in [6.45, 7) is 0. The molecule has 3 aliphatic carbocycles. The van der Waals surface area contributed by atoms with E-state index < -0.39 is 0 Å². The van der Waals surface area contributed by atoms with Gasteiger partial charge in [0.05, 0.1) is 0 Å². The lowest BCUT2D eigenvalue weighted by Crippen LogP contribution is -2.03. The van der Waals surface area contributed by atoms with Gasteiger partial charge in [0.2, 0.25) is 0 Å². The van der Waals surface area contributed by atoms with E-state index in [1.165, 1.54) is 38.5 Å². The number of fused-ring (bicyclic) bond motifs is 3. The molecule has 0 saturated heterocycles. The molecule has 0 aliphatic heterocycles. The lowest BCUT2D eigenvalue weighted by molar-refractivity contribution is 0.541. The molecule has 16 heavy (non-hydrogen) atoms. The summed E-state index contributed by atoms with van der Waals surface area (Å²) >= 11 is 0. The molecule has 0 N–H and O–H groups in total. The maximum atomic E-state index is 2.37. The van der Waals surface area contributed by atoms with E-state index >= 15 is 0 Å². The van der Waals surface area contributed by atoms with Crippen molar-refractivity contribution in [1.82, 2.24) is 0 Å². The zero-order valence-corrected chi connectivity index (χ0v) is 9.71. The number of aryl methyl sites for hydroxylation is 1. The first-order valence-electron chi connectivity index (χ1n) is 6.70. The van der Waals surface area contributed by atoms with Gasteiger partial charge in [-0.2, -0.15) is 0 Å². The molecule has 2 unspecified atom stereocenters. The van der Waals surface area contributed by atoms with Crippen molar-refractivity contribution < 1.29 is 0 Å². The standard InChI is InChI=1S/C16H18/c1-2-4-14-12(3-1)7-8-15(14)16-10-11-5-6-13(16)9-11/h1-4,11,15H,5-10H2. The molecule has 4 rings (SSSR count). The van der Waals surface area contributed by atoms with Gasteiger partial charge in [-0.1, -0.05) is 35.4 Å². The van der Waals surface area contributed by atoms with Gasteiger partial charge in [0.15, 0.2) is 0 Å². The summed E-state index contributed by atoms with van der Waals surface area (Å²) in [4.78, 5) is 0. The van der Waals surface area contributed by atoms with E-state index in [1.54, 1.807) is 11.1 Å². The van der Waals surface area contributed by atoms with Gasteiger partial charge < -0.3 is 0 Å². The van der Waals surface area contributed by atoms with Crippen LogP contribution in [-0.2, 0) is 6.42 Å². The van der Waals surface area contributed by atoms with Crippen LogP contribution in [0.1, 0.15) is 49.1 Å². The third kappa shape index (κ3) is 1.16. The maximum Gasteiger partial charge on any atom is 0.00568 e. The summed E-state index contributed by atoms with van der Waals surface area (Å²) in [6.07, 6.45) is 8.45. The van der Waals surface area contributed by atoms with Crippen molar-refractivity contribution in [3.05, 3.63) is 46.5 Å². The third-order valence-electron chi connectivity index (χ3n) is 4.91. The molecule has 0 spiro atoms. The quantitative estimate of drug-likeness (QED) is 0.609. The second-order valence-electron chi connectivity index (χ2n) is 5.73. The Labute approximate surface area is 97.4 Å². The summed E-state index contributed by atoms with van der Waals surface area (Å²) in [7, 11) is 0. The second kappa shape index (κ2) is 3.23. The van der Waals surface area contributed by atoms with Gasteiger partial charge in [0.1, 0.15) is 0 Å². The number of hydrogen-bond donors (Lipinski definition) is 0. The minimum atomic E-state index is 0.802. The Hall–Kier alpha value is -1.04. The van der Waals surface area contributed by atoms with Gasteiger partial charge in [-0.15, -0.1) is 0 Å². The van der Waals surface area contributed by atoms with E-state index in [1.807, 2.05) is 11.1 Å². The molecule has 0 radical (unpaired) electrons. The minimum absolute atomic E-state index is 0.802. The highest BCUT2D eigenvalue weighted by molar-refractivity contribution is 5.44. The van der Waals surface area contributed by atoms with E-state index in [0.29, 0.717) is 0 Å². The molecule has 0 amide bonds. The first-order valence-corrected chi connectivity index (χ1v) is 6.70. The molecule has 1 aromatic rings. The summed E-state index contributed by atoms with van der Waals surface area (Å²) in [5, 5.41) is 0. The Balaban J connectivity index is 1.76. The topological polar surface area (TPSA) is 0 Å². The van der Waals surface area contributed by atoms with Crippen LogP contribution in [0.5, 0.6) is 0 Å². The van der Waals surface area contributed by atoms with Crippen molar-refractivity contribution in [3.8, 4) is 0 Å². The van der Waals surface area contributed by atoms with E-state index in [0.717, 1.165) is 11.8 Å². The predicted molar refractivity (Wildman–Crippen MR) is 66.5 cm³/mol. The van der Waals surface area contributed by atoms with Gasteiger partial charge in [0.25, 0.3) is 0 Å². The summed E-state index contributed by atoms with van der Waals surface area (Å²) in [5.41, 5.74) is 6.95. The average Bonchev–Trinajstić information content (AvgIpc) is 3.03. The average molecular weight is 210 g/mol. The van der Waals surface area contributed by atoms with Crippen LogP contribution in [0.25, 0.3) is 0 Å². The molecular weight excluding hydrogens is 192 g/mol. The van der Waals surface area contributed by atoms with Gasteiger partial charge in [-0.3, -0.25) is 0 Å². The second-order valence-corrected chi connectivity index (χ2v) is 5.73. The highest BCUT2D eigenvalue weighted by atomic mass is 14.4. The van der Waals surface area contributed by atoms with Crippen molar-refractivity contribution in [1.29, 1.82) is 0 Å². The largest absolute Gasteiger partial charge is 0.0701 e. The fourth-order valence-electron chi connectivity index (χ4n) is 4.16. The smallest absolute Gasteiger partial charge is 0.00568 e. The van der Waals surface area contributed by atoms with Crippen LogP contribution in [0.4, 0.5) is 0 Å². The van der Waals surface area contributed by atoms with Gasteiger partial charge in [0, 0.05) is 5.92 Å². The molecule has 0 heterocycles. The Kier molecular flexibility index (Phi) is 1.82. The maximum absolute atomic E-state index is 2.37. The monoisotopic (exact) mass is 210 g/mol. The lowest BCUT2D eigenvalue weighted by atomic mass is 9.86. The number of hydrogen-bond acceptors (Lipinski definition) is 0. The van der Waals surface area contributed by atoms with Gasteiger partial charge >= 0.3 is 0 Å². The van der Waals surface area contributed by atoms with Crippen LogP contribution in [0.2, 0.25) is 0 Å². The number of benzene rings is 1. The Morgan fingerprint density at radius 2 is 1.88 bits per heavy atom. The van der Waals surface area contributed by atoms with Crippen LogP contribution in [0.3, 0.4) is 0 Å². The van der Waals surface area contributed by atoms with Gasteiger partial charge in [-0.25, -0.2) is 0 Å². The number of rotatable bonds is 1. The van der Waals surface area contributed by atoms with Crippen LogP contribution in [-0.4, -0.2) is 0 Å². The van der Waals surface area contributed by atoms with E-state index in [2.05, 4.69) is 24.3 Å². The van der Waals surface area contributed by atoms with E-state index in [4.69, 9.17) is 0 Å². The van der Waals surface area contributed by atoms with Crippen LogP contribution < -0.4 is 0 Å². The van der Waals surface area contributed by atoms with E-state index in [-0.39, 0.29) is 0 Å². The molecule has 1 fully saturated rings. The molecule has 82 valence electrons. The Morgan fingerprint density at radius 3 is 2.69 bits per heavy atom. The summed E-state index contributed by atoms with van der Waals surface area (Å²) < 4.78 is 0. The summed E-state index contributed by atoms with van der Waals surface area (Å²) in [6, 6.07) is 9.11. The molecule has 0 nitrogen and oxygen atoms in total. The fraction of sp³-hybridized carbons (Fsp3) is 0.500. The summed E-state index contributed by atoms with van der Waals surface area (Å²) in [5.74, 6) is 1.83. The lowest BCUT2D eigenvalue weighted by Gasteiger charge is -2.19. The Morgan fingerprint density at radius 1 is 0.938 bits per heavy atom. The highest BCUT2D eigenvalue weighted by Gasteiger charge is 2.36. The van der Waals surface area contributed by atoms with Gasteiger partial charge in [-0.05, 0) is 55.6 Å².